The second-order valence-corrected chi connectivity index (χ2v) is 7.02. The molecule has 0 saturated heterocycles. The molecule has 1 unspecified atom stereocenters. The molecule has 0 aliphatic heterocycles. The Hall–Kier alpha value is -0.720. The van der Waals surface area contributed by atoms with Crippen LogP contribution < -0.4 is 5.32 Å². The summed E-state index contributed by atoms with van der Waals surface area (Å²) in [6.07, 6.45) is 4.03. The van der Waals surface area contributed by atoms with Crippen molar-refractivity contribution in [1.82, 2.24) is 20.1 Å². The van der Waals surface area contributed by atoms with Crippen LogP contribution in [0.5, 0.6) is 0 Å². The molecule has 1 N–H and O–H groups in total. The number of nitrogens with zero attached hydrogens (tertiary/aromatic N) is 3. The van der Waals surface area contributed by atoms with Crippen molar-refractivity contribution in [2.24, 2.45) is 7.05 Å². The Morgan fingerprint density at radius 3 is 2.70 bits per heavy atom. The van der Waals surface area contributed by atoms with Crippen LogP contribution in [0.15, 0.2) is 10.7 Å². The normalized spacial score (nSPS) is 12.8. The Kier molecular flexibility index (Phi) is 5.35. The number of halogens is 1. The predicted molar refractivity (Wildman–Crippen MR) is 87.2 cm³/mol. The molecule has 4 nitrogen and oxygen atoms in total. The summed E-state index contributed by atoms with van der Waals surface area (Å²) in [6, 6.07) is 0.298. The fourth-order valence-electron chi connectivity index (χ4n) is 2.23. The lowest BCUT2D eigenvalue weighted by Gasteiger charge is -2.17. The van der Waals surface area contributed by atoms with Gasteiger partial charge >= 0.3 is 0 Å². The molecule has 0 bridgehead atoms. The topological polar surface area (TPSA) is 42.7 Å². The summed E-state index contributed by atoms with van der Waals surface area (Å²) in [7, 11) is 2.00. The Balaban J connectivity index is 2.23. The van der Waals surface area contributed by atoms with Gasteiger partial charge in [-0.1, -0.05) is 6.92 Å². The Bertz CT molecular complexity index is 576. The fourth-order valence-corrected chi connectivity index (χ4v) is 3.58. The van der Waals surface area contributed by atoms with Crippen LogP contribution in [0.2, 0.25) is 0 Å². The highest BCUT2D eigenvalue weighted by Gasteiger charge is 2.19. The van der Waals surface area contributed by atoms with E-state index in [4.69, 9.17) is 0 Å². The van der Waals surface area contributed by atoms with Gasteiger partial charge in [0.1, 0.15) is 0 Å². The maximum atomic E-state index is 4.47. The van der Waals surface area contributed by atoms with Gasteiger partial charge in [0.15, 0.2) is 0 Å². The minimum absolute atomic E-state index is 0.298. The van der Waals surface area contributed by atoms with Crippen molar-refractivity contribution in [2.45, 2.75) is 39.7 Å². The summed E-state index contributed by atoms with van der Waals surface area (Å²) >= 11 is 5.42. The van der Waals surface area contributed by atoms with Crippen LogP contribution in [0.4, 0.5) is 0 Å². The lowest BCUT2D eigenvalue weighted by Crippen LogP contribution is -2.24. The highest BCUT2D eigenvalue weighted by atomic mass is 79.9. The minimum atomic E-state index is 0.298. The van der Waals surface area contributed by atoms with Crippen LogP contribution in [-0.2, 0) is 13.5 Å². The number of thiazole rings is 1. The Morgan fingerprint density at radius 1 is 1.45 bits per heavy atom. The van der Waals surface area contributed by atoms with Crippen LogP contribution in [0.3, 0.4) is 0 Å². The van der Waals surface area contributed by atoms with Crippen molar-refractivity contribution in [3.63, 3.8) is 0 Å². The van der Waals surface area contributed by atoms with Crippen molar-refractivity contribution in [3.05, 3.63) is 31.9 Å². The maximum absolute atomic E-state index is 4.47. The standard InChI is InChI=1S/C14H21BrN4S/c1-5-6-16-11(13-8-17-10(3)20-13)7-12-14(15)9(2)18-19(12)4/h8,11,16H,5-7H2,1-4H3. The molecule has 2 heterocycles. The monoisotopic (exact) mass is 356 g/mol. The number of aromatic nitrogens is 3. The summed E-state index contributed by atoms with van der Waals surface area (Å²) in [5, 5.41) is 9.21. The molecule has 6 heteroatoms. The van der Waals surface area contributed by atoms with Crippen molar-refractivity contribution in [2.75, 3.05) is 6.54 Å². The van der Waals surface area contributed by atoms with E-state index in [1.165, 1.54) is 10.6 Å². The predicted octanol–water partition coefficient (Wildman–Crippen LogP) is 3.54. The zero-order valence-electron chi connectivity index (χ0n) is 12.4. The average molecular weight is 357 g/mol. The third kappa shape index (κ3) is 3.48. The van der Waals surface area contributed by atoms with Gasteiger partial charge in [-0.25, -0.2) is 4.98 Å². The Labute approximate surface area is 132 Å². The molecule has 0 radical (unpaired) electrons. The first-order chi connectivity index (χ1) is 9.52. The van der Waals surface area contributed by atoms with Crippen molar-refractivity contribution in [1.29, 1.82) is 0 Å². The van der Waals surface area contributed by atoms with Crippen LogP contribution >= 0.6 is 27.3 Å². The number of aryl methyl sites for hydroxylation is 3. The van der Waals surface area contributed by atoms with Crippen LogP contribution in [0.25, 0.3) is 0 Å². The number of hydrogen-bond acceptors (Lipinski definition) is 4. The molecule has 2 aromatic heterocycles. The average Bonchev–Trinajstić information content (AvgIpc) is 2.93. The SMILES string of the molecule is CCCNC(Cc1c(Br)c(C)nn1C)c1cnc(C)s1. The first-order valence-corrected chi connectivity index (χ1v) is 8.47. The first kappa shape index (κ1) is 15.7. The van der Waals surface area contributed by atoms with E-state index in [0.717, 1.165) is 34.6 Å². The van der Waals surface area contributed by atoms with Gasteiger partial charge in [0.25, 0.3) is 0 Å². The minimum Gasteiger partial charge on any atom is -0.309 e. The molecule has 0 spiro atoms. The van der Waals surface area contributed by atoms with E-state index < -0.39 is 0 Å². The van der Waals surface area contributed by atoms with E-state index in [0.29, 0.717) is 6.04 Å². The molecule has 0 amide bonds. The highest BCUT2D eigenvalue weighted by Crippen LogP contribution is 2.28. The Morgan fingerprint density at radius 2 is 2.20 bits per heavy atom. The number of hydrogen-bond donors (Lipinski definition) is 1. The molecule has 20 heavy (non-hydrogen) atoms. The molecule has 2 aromatic rings. The van der Waals surface area contributed by atoms with Crippen molar-refractivity contribution < 1.29 is 0 Å². The van der Waals surface area contributed by atoms with E-state index >= 15 is 0 Å². The molecule has 0 aromatic carbocycles. The third-order valence-corrected chi connectivity index (χ3v) is 5.34. The van der Waals surface area contributed by atoms with Gasteiger partial charge in [0, 0.05) is 30.6 Å². The largest absolute Gasteiger partial charge is 0.309 e. The number of nitrogens with one attached hydrogen (secondary N) is 1. The molecule has 1 atom stereocenters. The quantitative estimate of drug-likeness (QED) is 0.860. The summed E-state index contributed by atoms with van der Waals surface area (Å²) in [5.74, 6) is 0. The zero-order valence-corrected chi connectivity index (χ0v) is 14.8. The van der Waals surface area contributed by atoms with Gasteiger partial charge in [0.05, 0.1) is 20.9 Å². The van der Waals surface area contributed by atoms with E-state index in [9.17, 15) is 0 Å². The summed E-state index contributed by atoms with van der Waals surface area (Å²) in [5.41, 5.74) is 2.26. The first-order valence-electron chi connectivity index (χ1n) is 6.86. The zero-order chi connectivity index (χ0) is 14.7. The smallest absolute Gasteiger partial charge is 0.0897 e. The van der Waals surface area contributed by atoms with E-state index in [1.54, 1.807) is 11.3 Å². The van der Waals surface area contributed by atoms with Crippen molar-refractivity contribution >= 4 is 27.3 Å². The molecule has 2 rings (SSSR count). The molecule has 110 valence electrons. The summed E-state index contributed by atoms with van der Waals surface area (Å²) < 4.78 is 3.08. The lowest BCUT2D eigenvalue weighted by molar-refractivity contribution is 0.517. The van der Waals surface area contributed by atoms with E-state index in [2.05, 4.69) is 45.2 Å². The second kappa shape index (κ2) is 6.83. The number of rotatable bonds is 6. The second-order valence-electron chi connectivity index (χ2n) is 4.96. The van der Waals surface area contributed by atoms with Gasteiger partial charge in [0.2, 0.25) is 0 Å². The van der Waals surface area contributed by atoms with Gasteiger partial charge in [-0.3, -0.25) is 4.68 Å². The van der Waals surface area contributed by atoms with Crippen LogP contribution in [0, 0.1) is 13.8 Å². The summed E-state index contributed by atoms with van der Waals surface area (Å²) in [6.45, 7) is 7.27. The fraction of sp³-hybridized carbons (Fsp3) is 0.571. The van der Waals surface area contributed by atoms with Gasteiger partial charge in [-0.15, -0.1) is 11.3 Å². The van der Waals surface area contributed by atoms with Gasteiger partial charge < -0.3 is 5.32 Å². The molecular weight excluding hydrogens is 336 g/mol. The lowest BCUT2D eigenvalue weighted by atomic mass is 10.1. The highest BCUT2D eigenvalue weighted by molar-refractivity contribution is 9.10. The molecule has 0 saturated carbocycles. The van der Waals surface area contributed by atoms with Crippen LogP contribution in [-0.4, -0.2) is 21.3 Å². The van der Waals surface area contributed by atoms with Gasteiger partial charge in [-0.05, 0) is 42.7 Å². The van der Waals surface area contributed by atoms with Crippen LogP contribution in [0.1, 0.15) is 40.7 Å². The van der Waals surface area contributed by atoms with E-state index in [1.807, 2.05) is 24.9 Å². The maximum Gasteiger partial charge on any atom is 0.0897 e. The molecular formula is C14H21BrN4S. The van der Waals surface area contributed by atoms with E-state index in [-0.39, 0.29) is 0 Å². The third-order valence-electron chi connectivity index (χ3n) is 3.28. The van der Waals surface area contributed by atoms with Gasteiger partial charge in [-0.2, -0.15) is 5.10 Å². The molecule has 0 fully saturated rings. The summed E-state index contributed by atoms with van der Waals surface area (Å²) in [4.78, 5) is 5.67. The van der Waals surface area contributed by atoms with Crippen molar-refractivity contribution in [3.8, 4) is 0 Å². The molecule has 0 aliphatic carbocycles. The molecule has 0 aliphatic rings.